The topological polar surface area (TPSA) is 66.6 Å². The van der Waals surface area contributed by atoms with E-state index in [0.717, 1.165) is 0 Å². The third-order valence-corrected chi connectivity index (χ3v) is 2.10. The number of carboxylic acid groups (broad SMARTS) is 1. The molecule has 0 unspecified atom stereocenters. The molecule has 0 aliphatic heterocycles. The molecule has 0 fully saturated rings. The zero-order valence-electron chi connectivity index (χ0n) is 9.03. The number of amides is 1. The molecule has 0 spiro atoms. The predicted molar refractivity (Wildman–Crippen MR) is 52.7 cm³/mol. The smallest absolute Gasteiger partial charge is 0.408 e. The van der Waals surface area contributed by atoms with Crippen molar-refractivity contribution in [3.05, 3.63) is 0 Å². The molecule has 0 saturated heterocycles. The summed E-state index contributed by atoms with van der Waals surface area (Å²) in [6.45, 7) is 9.22. The summed E-state index contributed by atoms with van der Waals surface area (Å²) in [7, 11) is 0. The number of nitrogens with zero attached hydrogens (tertiary/aromatic N) is 1. The van der Waals surface area contributed by atoms with Crippen LogP contribution in [-0.4, -0.2) is 33.7 Å². The van der Waals surface area contributed by atoms with Gasteiger partial charge in [-0.25, -0.2) is 4.79 Å². The molecule has 4 nitrogen and oxygen atoms in total. The van der Waals surface area contributed by atoms with Crippen LogP contribution >= 0.6 is 0 Å². The van der Waals surface area contributed by atoms with Crippen LogP contribution in [0, 0.1) is 0 Å². The van der Waals surface area contributed by atoms with Gasteiger partial charge in [0.25, 0.3) is 0 Å². The minimum Gasteiger partial charge on any atom is -0.465 e. The second-order valence-corrected chi connectivity index (χ2v) is 4.42. The quantitative estimate of drug-likeness (QED) is 0.690. The van der Waals surface area contributed by atoms with Crippen molar-refractivity contribution in [2.45, 2.75) is 52.2 Å². The first-order valence-corrected chi connectivity index (χ1v) is 4.45. The molecule has 0 aliphatic rings. The fourth-order valence-electron chi connectivity index (χ4n) is 1.31. The molecule has 4 heteroatoms. The molecule has 0 rings (SSSR count). The van der Waals surface area contributed by atoms with E-state index in [1.165, 1.54) is 4.90 Å². The van der Waals surface area contributed by atoms with E-state index < -0.39 is 11.6 Å². The van der Waals surface area contributed by atoms with Crippen LogP contribution in [0.25, 0.3) is 0 Å². The van der Waals surface area contributed by atoms with Crippen LogP contribution in [-0.2, 0) is 0 Å². The van der Waals surface area contributed by atoms with Crippen LogP contribution in [0.2, 0.25) is 0 Å². The van der Waals surface area contributed by atoms with E-state index in [-0.39, 0.29) is 12.1 Å². The van der Waals surface area contributed by atoms with E-state index in [0.29, 0.717) is 0 Å². The van der Waals surface area contributed by atoms with Crippen molar-refractivity contribution in [3.63, 3.8) is 0 Å². The summed E-state index contributed by atoms with van der Waals surface area (Å²) in [5.41, 5.74) is 5.26. The van der Waals surface area contributed by atoms with Crippen molar-refractivity contribution < 1.29 is 9.90 Å². The Balaban J connectivity index is 4.72. The van der Waals surface area contributed by atoms with Crippen LogP contribution in [0.1, 0.15) is 34.6 Å². The van der Waals surface area contributed by atoms with Gasteiger partial charge in [0.1, 0.15) is 0 Å². The second kappa shape index (κ2) is 3.96. The zero-order chi connectivity index (χ0) is 10.8. The van der Waals surface area contributed by atoms with Gasteiger partial charge in [-0.3, -0.25) is 4.90 Å². The van der Waals surface area contributed by atoms with E-state index in [1.54, 1.807) is 0 Å². The molecular weight excluding hydrogens is 168 g/mol. The van der Waals surface area contributed by atoms with Gasteiger partial charge in [-0.2, -0.15) is 0 Å². The highest BCUT2D eigenvalue weighted by Gasteiger charge is 2.32. The molecule has 0 bridgehead atoms. The van der Waals surface area contributed by atoms with Crippen LogP contribution in [0.4, 0.5) is 4.79 Å². The molecule has 13 heavy (non-hydrogen) atoms. The minimum atomic E-state index is -0.919. The Labute approximate surface area is 79.7 Å². The molecule has 3 N–H and O–H groups in total. The fraction of sp³-hybridized carbons (Fsp3) is 0.889. The first-order valence-electron chi connectivity index (χ1n) is 4.45. The number of hydrogen-bond acceptors (Lipinski definition) is 2. The molecule has 0 aliphatic carbocycles. The first-order chi connectivity index (χ1) is 5.68. The average molecular weight is 188 g/mol. The van der Waals surface area contributed by atoms with Crippen molar-refractivity contribution in [1.29, 1.82) is 0 Å². The second-order valence-electron chi connectivity index (χ2n) is 4.42. The molecule has 0 saturated carbocycles. The molecule has 0 aromatic rings. The Morgan fingerprint density at radius 2 is 1.77 bits per heavy atom. The van der Waals surface area contributed by atoms with Crippen molar-refractivity contribution in [1.82, 2.24) is 4.90 Å². The van der Waals surface area contributed by atoms with Gasteiger partial charge in [0.15, 0.2) is 0 Å². The maximum atomic E-state index is 11.0. The number of hydrogen-bond donors (Lipinski definition) is 2. The van der Waals surface area contributed by atoms with Gasteiger partial charge in [0, 0.05) is 17.6 Å². The third kappa shape index (κ3) is 3.22. The molecule has 0 radical (unpaired) electrons. The van der Waals surface area contributed by atoms with Gasteiger partial charge in [-0.05, 0) is 34.6 Å². The van der Waals surface area contributed by atoms with Gasteiger partial charge in [-0.15, -0.1) is 0 Å². The largest absolute Gasteiger partial charge is 0.465 e. The zero-order valence-corrected chi connectivity index (χ0v) is 9.03. The Hall–Kier alpha value is -0.770. The SMILES string of the molecule is C[C@H](N)[C@H](C)N(C(=O)O)C(C)(C)C. The summed E-state index contributed by atoms with van der Waals surface area (Å²) < 4.78 is 0. The number of rotatable bonds is 2. The summed E-state index contributed by atoms with van der Waals surface area (Å²) in [6, 6.07) is -0.326. The average Bonchev–Trinajstić information content (AvgIpc) is 1.82. The Morgan fingerprint density at radius 1 is 1.38 bits per heavy atom. The van der Waals surface area contributed by atoms with Crippen molar-refractivity contribution in [3.8, 4) is 0 Å². The first kappa shape index (κ1) is 12.2. The highest BCUT2D eigenvalue weighted by molar-refractivity contribution is 5.66. The Kier molecular flexibility index (Phi) is 3.72. The summed E-state index contributed by atoms with van der Waals surface area (Å²) in [4.78, 5) is 12.3. The van der Waals surface area contributed by atoms with E-state index in [1.807, 2.05) is 34.6 Å². The normalized spacial score (nSPS) is 16.5. The monoisotopic (exact) mass is 188 g/mol. The van der Waals surface area contributed by atoms with E-state index >= 15 is 0 Å². The molecule has 0 aromatic heterocycles. The highest BCUT2D eigenvalue weighted by atomic mass is 16.4. The maximum Gasteiger partial charge on any atom is 0.408 e. The van der Waals surface area contributed by atoms with Gasteiger partial charge >= 0.3 is 6.09 Å². The van der Waals surface area contributed by atoms with Gasteiger partial charge < -0.3 is 10.8 Å². The third-order valence-electron chi connectivity index (χ3n) is 2.10. The number of carbonyl (C=O) groups is 1. The van der Waals surface area contributed by atoms with E-state index in [4.69, 9.17) is 10.8 Å². The lowest BCUT2D eigenvalue weighted by molar-refractivity contribution is 0.0690. The fourth-order valence-corrected chi connectivity index (χ4v) is 1.31. The highest BCUT2D eigenvalue weighted by Crippen LogP contribution is 2.18. The Bertz CT molecular complexity index is 185. The lowest BCUT2D eigenvalue weighted by atomic mass is 10.0. The maximum absolute atomic E-state index is 11.0. The molecule has 1 amide bonds. The number of nitrogens with two attached hydrogens (primary N) is 1. The summed E-state index contributed by atoms with van der Waals surface area (Å²) >= 11 is 0. The molecule has 0 aromatic carbocycles. The van der Waals surface area contributed by atoms with Crippen LogP contribution in [0.15, 0.2) is 0 Å². The predicted octanol–water partition coefficient (Wildman–Crippen LogP) is 1.50. The summed E-state index contributed by atoms with van der Waals surface area (Å²) in [5.74, 6) is 0. The van der Waals surface area contributed by atoms with Gasteiger partial charge in [0.2, 0.25) is 0 Å². The van der Waals surface area contributed by atoms with Crippen LogP contribution in [0.3, 0.4) is 0 Å². The molecule has 2 atom stereocenters. The molecular formula is C9H20N2O2. The van der Waals surface area contributed by atoms with Crippen molar-refractivity contribution in [2.24, 2.45) is 5.73 Å². The van der Waals surface area contributed by atoms with Gasteiger partial charge in [-0.1, -0.05) is 0 Å². The molecule has 78 valence electrons. The van der Waals surface area contributed by atoms with E-state index in [2.05, 4.69) is 0 Å². The minimum absolute atomic E-state index is 0.157. The van der Waals surface area contributed by atoms with Crippen LogP contribution < -0.4 is 5.73 Å². The van der Waals surface area contributed by atoms with Crippen LogP contribution in [0.5, 0.6) is 0 Å². The lowest BCUT2D eigenvalue weighted by Crippen LogP contribution is -2.55. The Morgan fingerprint density at radius 3 is 1.85 bits per heavy atom. The van der Waals surface area contributed by atoms with E-state index in [9.17, 15) is 4.79 Å². The molecule has 0 heterocycles. The standard InChI is InChI=1S/C9H20N2O2/c1-6(10)7(2)11(8(12)13)9(3,4)5/h6-7H,10H2,1-5H3,(H,12,13)/t6-,7-/m0/s1. The summed E-state index contributed by atoms with van der Waals surface area (Å²) in [6.07, 6.45) is -0.919. The lowest BCUT2D eigenvalue weighted by Gasteiger charge is -2.39. The summed E-state index contributed by atoms with van der Waals surface area (Å²) in [5, 5.41) is 9.00. The van der Waals surface area contributed by atoms with Gasteiger partial charge in [0.05, 0.1) is 0 Å². The van der Waals surface area contributed by atoms with Crippen molar-refractivity contribution in [2.75, 3.05) is 0 Å². The van der Waals surface area contributed by atoms with Crippen molar-refractivity contribution >= 4 is 6.09 Å².